The number of hydrogen-bond acceptors (Lipinski definition) is 3. The molecule has 0 aliphatic carbocycles. The van der Waals surface area contributed by atoms with Crippen LogP contribution in [0.3, 0.4) is 0 Å². The van der Waals surface area contributed by atoms with E-state index in [1.807, 2.05) is 35.2 Å². The molecule has 0 saturated heterocycles. The Balaban J connectivity index is 1.77. The first-order valence-corrected chi connectivity index (χ1v) is 6.32. The summed E-state index contributed by atoms with van der Waals surface area (Å²) in [6.45, 7) is 0.694. The van der Waals surface area contributed by atoms with Gasteiger partial charge in [0.25, 0.3) is 0 Å². The fourth-order valence-corrected chi connectivity index (χ4v) is 2.44. The normalized spacial score (nSPS) is 13.7. The zero-order valence-electron chi connectivity index (χ0n) is 10.5. The number of amides is 1. The van der Waals surface area contributed by atoms with Crippen molar-refractivity contribution < 1.29 is 4.79 Å². The molecule has 1 aromatic heterocycles. The smallest absolute Gasteiger partial charge is 0.231 e. The minimum absolute atomic E-state index is 0.148. The third-order valence-electron chi connectivity index (χ3n) is 3.41. The number of anilines is 2. The number of fused-ring (bicyclic) bond motifs is 1. The number of pyridine rings is 1. The Morgan fingerprint density at radius 1 is 1.21 bits per heavy atom. The van der Waals surface area contributed by atoms with Gasteiger partial charge in [-0.05, 0) is 47.9 Å². The van der Waals surface area contributed by atoms with Crippen molar-refractivity contribution in [3.63, 3.8) is 0 Å². The summed E-state index contributed by atoms with van der Waals surface area (Å²) in [7, 11) is 0. The minimum Gasteiger partial charge on any atom is -0.399 e. The van der Waals surface area contributed by atoms with Crippen molar-refractivity contribution >= 4 is 17.3 Å². The second-order valence-electron chi connectivity index (χ2n) is 4.72. The van der Waals surface area contributed by atoms with E-state index in [2.05, 4.69) is 4.98 Å². The van der Waals surface area contributed by atoms with Crippen LogP contribution in [-0.4, -0.2) is 17.4 Å². The fraction of sp³-hybridized carbons (Fsp3) is 0.200. The lowest BCUT2D eigenvalue weighted by molar-refractivity contribution is -0.117. The second-order valence-corrected chi connectivity index (χ2v) is 4.72. The van der Waals surface area contributed by atoms with Crippen LogP contribution in [0.15, 0.2) is 42.7 Å². The summed E-state index contributed by atoms with van der Waals surface area (Å²) in [6, 6.07) is 9.62. The SMILES string of the molecule is Nc1ccc2c(c1)CC(=O)N2CCc1ccncc1. The van der Waals surface area contributed by atoms with Crippen LogP contribution in [0, 0.1) is 0 Å². The number of rotatable bonds is 3. The lowest BCUT2D eigenvalue weighted by Crippen LogP contribution is -2.28. The van der Waals surface area contributed by atoms with E-state index in [1.165, 1.54) is 5.56 Å². The molecule has 0 fully saturated rings. The molecule has 4 heteroatoms. The third-order valence-corrected chi connectivity index (χ3v) is 3.41. The third kappa shape index (κ3) is 2.29. The first-order chi connectivity index (χ1) is 9.24. The van der Waals surface area contributed by atoms with Crippen LogP contribution in [0.5, 0.6) is 0 Å². The van der Waals surface area contributed by atoms with Crippen LogP contribution in [-0.2, 0) is 17.6 Å². The predicted octanol–water partition coefficient (Wildman–Crippen LogP) is 1.80. The Labute approximate surface area is 111 Å². The summed E-state index contributed by atoms with van der Waals surface area (Å²) in [5.74, 6) is 0.148. The molecule has 2 aromatic rings. The molecule has 19 heavy (non-hydrogen) atoms. The molecule has 0 unspecified atom stereocenters. The first kappa shape index (κ1) is 11.7. The van der Waals surface area contributed by atoms with Crippen LogP contribution in [0.1, 0.15) is 11.1 Å². The highest BCUT2D eigenvalue weighted by Gasteiger charge is 2.26. The van der Waals surface area contributed by atoms with Gasteiger partial charge in [-0.25, -0.2) is 0 Å². The van der Waals surface area contributed by atoms with Crippen molar-refractivity contribution in [1.29, 1.82) is 0 Å². The maximum atomic E-state index is 12.0. The van der Waals surface area contributed by atoms with Crippen LogP contribution in [0.25, 0.3) is 0 Å². The molecule has 1 aromatic carbocycles. The number of nitrogens with zero attached hydrogens (tertiary/aromatic N) is 2. The molecule has 0 saturated carbocycles. The molecule has 0 atom stereocenters. The standard InChI is InChI=1S/C15H15N3O/c16-13-1-2-14-12(9-13)10-15(19)18(14)8-5-11-3-6-17-7-4-11/h1-4,6-7,9H,5,8,10,16H2. The summed E-state index contributed by atoms with van der Waals surface area (Å²) in [5, 5.41) is 0. The molecule has 1 aliphatic rings. The average Bonchev–Trinajstić information content (AvgIpc) is 2.72. The topological polar surface area (TPSA) is 59.2 Å². The molecule has 0 bridgehead atoms. The average molecular weight is 253 g/mol. The largest absolute Gasteiger partial charge is 0.399 e. The Morgan fingerprint density at radius 2 is 2.00 bits per heavy atom. The van der Waals surface area contributed by atoms with Gasteiger partial charge in [-0.3, -0.25) is 9.78 Å². The molecule has 3 rings (SSSR count). The van der Waals surface area contributed by atoms with Gasteiger partial charge < -0.3 is 10.6 Å². The molecule has 2 heterocycles. The van der Waals surface area contributed by atoms with Crippen LogP contribution < -0.4 is 10.6 Å². The lowest BCUT2D eigenvalue weighted by atomic mass is 10.1. The zero-order chi connectivity index (χ0) is 13.2. The molecule has 96 valence electrons. The van der Waals surface area contributed by atoms with Crippen molar-refractivity contribution in [3.8, 4) is 0 Å². The van der Waals surface area contributed by atoms with Crippen molar-refractivity contribution in [2.75, 3.05) is 17.2 Å². The van der Waals surface area contributed by atoms with Crippen LogP contribution >= 0.6 is 0 Å². The highest BCUT2D eigenvalue weighted by Crippen LogP contribution is 2.30. The van der Waals surface area contributed by atoms with E-state index >= 15 is 0 Å². The summed E-state index contributed by atoms with van der Waals surface area (Å²) in [5.41, 5.74) is 9.67. The Kier molecular flexibility index (Phi) is 2.91. The minimum atomic E-state index is 0.148. The molecule has 0 spiro atoms. The molecule has 0 radical (unpaired) electrons. The van der Waals surface area contributed by atoms with Crippen molar-refractivity contribution in [2.24, 2.45) is 0 Å². The highest BCUT2D eigenvalue weighted by atomic mass is 16.2. The van der Waals surface area contributed by atoms with Gasteiger partial charge in [0.15, 0.2) is 0 Å². The predicted molar refractivity (Wildman–Crippen MR) is 74.9 cm³/mol. The number of benzene rings is 1. The van der Waals surface area contributed by atoms with Gasteiger partial charge in [-0.15, -0.1) is 0 Å². The van der Waals surface area contributed by atoms with Crippen LogP contribution in [0.4, 0.5) is 11.4 Å². The molecule has 2 N–H and O–H groups in total. The zero-order valence-corrected chi connectivity index (χ0v) is 10.5. The molecule has 4 nitrogen and oxygen atoms in total. The maximum absolute atomic E-state index is 12.0. The van der Waals surface area contributed by atoms with Crippen LogP contribution in [0.2, 0.25) is 0 Å². The van der Waals surface area contributed by atoms with Gasteiger partial charge in [0.1, 0.15) is 0 Å². The fourth-order valence-electron chi connectivity index (χ4n) is 2.44. The Bertz CT molecular complexity index is 610. The van der Waals surface area contributed by atoms with E-state index in [4.69, 9.17) is 5.73 Å². The van der Waals surface area contributed by atoms with E-state index in [-0.39, 0.29) is 5.91 Å². The van der Waals surface area contributed by atoms with E-state index in [0.717, 1.165) is 17.7 Å². The number of nitrogens with two attached hydrogens (primary N) is 1. The quantitative estimate of drug-likeness (QED) is 0.848. The monoisotopic (exact) mass is 253 g/mol. The van der Waals surface area contributed by atoms with E-state index in [9.17, 15) is 4.79 Å². The number of carbonyl (C=O) groups is 1. The summed E-state index contributed by atoms with van der Waals surface area (Å²) < 4.78 is 0. The van der Waals surface area contributed by atoms with E-state index in [0.29, 0.717) is 18.7 Å². The summed E-state index contributed by atoms with van der Waals surface area (Å²) in [4.78, 5) is 17.9. The van der Waals surface area contributed by atoms with Gasteiger partial charge in [-0.1, -0.05) is 0 Å². The molecule has 1 aliphatic heterocycles. The first-order valence-electron chi connectivity index (χ1n) is 6.32. The molecule has 1 amide bonds. The van der Waals surface area contributed by atoms with Gasteiger partial charge in [0, 0.05) is 30.3 Å². The van der Waals surface area contributed by atoms with Gasteiger partial charge in [-0.2, -0.15) is 0 Å². The molecular weight excluding hydrogens is 238 g/mol. The summed E-state index contributed by atoms with van der Waals surface area (Å²) in [6.07, 6.45) is 4.83. The summed E-state index contributed by atoms with van der Waals surface area (Å²) >= 11 is 0. The Morgan fingerprint density at radius 3 is 2.79 bits per heavy atom. The lowest BCUT2D eigenvalue weighted by Gasteiger charge is -2.17. The van der Waals surface area contributed by atoms with Gasteiger partial charge in [0.2, 0.25) is 5.91 Å². The van der Waals surface area contributed by atoms with Crippen molar-refractivity contribution in [2.45, 2.75) is 12.8 Å². The second kappa shape index (κ2) is 4.72. The van der Waals surface area contributed by atoms with Crippen molar-refractivity contribution in [1.82, 2.24) is 4.98 Å². The molecular formula is C15H15N3O. The van der Waals surface area contributed by atoms with E-state index in [1.54, 1.807) is 12.4 Å². The highest BCUT2D eigenvalue weighted by molar-refractivity contribution is 6.01. The number of carbonyl (C=O) groups excluding carboxylic acids is 1. The number of aromatic nitrogens is 1. The van der Waals surface area contributed by atoms with Gasteiger partial charge in [0.05, 0.1) is 6.42 Å². The maximum Gasteiger partial charge on any atom is 0.231 e. The van der Waals surface area contributed by atoms with E-state index < -0.39 is 0 Å². The number of nitrogen functional groups attached to an aromatic ring is 1. The van der Waals surface area contributed by atoms with Gasteiger partial charge >= 0.3 is 0 Å². The Hall–Kier alpha value is -2.36. The number of hydrogen-bond donors (Lipinski definition) is 1. The van der Waals surface area contributed by atoms with Crippen molar-refractivity contribution in [3.05, 3.63) is 53.9 Å².